The minimum atomic E-state index is -0.250. The SMILES string of the molecule is O[C@@H]1CCN(Cc2nccs2)[C@H]1Cc1cccnc1. The van der Waals surface area contributed by atoms with E-state index in [2.05, 4.69) is 20.9 Å². The van der Waals surface area contributed by atoms with Crippen LogP contribution in [0.3, 0.4) is 0 Å². The van der Waals surface area contributed by atoms with Crippen LogP contribution in [-0.2, 0) is 13.0 Å². The average molecular weight is 275 g/mol. The van der Waals surface area contributed by atoms with Gasteiger partial charge in [-0.1, -0.05) is 6.07 Å². The number of aliphatic hydroxyl groups excluding tert-OH is 1. The lowest BCUT2D eigenvalue weighted by atomic mass is 10.0. The lowest BCUT2D eigenvalue weighted by Crippen LogP contribution is -2.36. The van der Waals surface area contributed by atoms with Crippen molar-refractivity contribution in [3.8, 4) is 0 Å². The van der Waals surface area contributed by atoms with Crippen LogP contribution in [0.5, 0.6) is 0 Å². The third kappa shape index (κ3) is 3.00. The highest BCUT2D eigenvalue weighted by molar-refractivity contribution is 7.09. The highest BCUT2D eigenvalue weighted by Gasteiger charge is 2.33. The summed E-state index contributed by atoms with van der Waals surface area (Å²) in [5.41, 5.74) is 1.18. The number of aliphatic hydroxyl groups is 1. The quantitative estimate of drug-likeness (QED) is 0.923. The number of likely N-dealkylation sites (tertiary alicyclic amines) is 1. The van der Waals surface area contributed by atoms with E-state index in [1.54, 1.807) is 17.5 Å². The van der Waals surface area contributed by atoms with Gasteiger partial charge in [0.05, 0.1) is 12.6 Å². The number of thiazole rings is 1. The smallest absolute Gasteiger partial charge is 0.107 e. The van der Waals surface area contributed by atoms with Crippen LogP contribution in [0.2, 0.25) is 0 Å². The molecule has 0 saturated carbocycles. The van der Waals surface area contributed by atoms with Gasteiger partial charge in [-0.2, -0.15) is 0 Å². The Morgan fingerprint density at radius 3 is 3.11 bits per heavy atom. The fourth-order valence-electron chi connectivity index (χ4n) is 2.63. The third-order valence-electron chi connectivity index (χ3n) is 3.61. The van der Waals surface area contributed by atoms with Gasteiger partial charge in [-0.05, 0) is 24.5 Å². The van der Waals surface area contributed by atoms with Crippen molar-refractivity contribution in [2.45, 2.75) is 31.5 Å². The van der Waals surface area contributed by atoms with Crippen molar-refractivity contribution >= 4 is 11.3 Å². The van der Waals surface area contributed by atoms with Gasteiger partial charge < -0.3 is 5.11 Å². The Kier molecular flexibility index (Phi) is 3.87. The molecular weight excluding hydrogens is 258 g/mol. The molecule has 3 rings (SSSR count). The largest absolute Gasteiger partial charge is 0.391 e. The zero-order valence-corrected chi connectivity index (χ0v) is 11.5. The predicted octanol–water partition coefficient (Wildman–Crippen LogP) is 1.72. The molecule has 4 nitrogen and oxygen atoms in total. The molecule has 0 aliphatic carbocycles. The molecule has 1 aliphatic heterocycles. The van der Waals surface area contributed by atoms with Gasteiger partial charge in [0.2, 0.25) is 0 Å². The van der Waals surface area contributed by atoms with Crippen molar-refractivity contribution in [3.63, 3.8) is 0 Å². The zero-order chi connectivity index (χ0) is 13.1. The fourth-order valence-corrected chi connectivity index (χ4v) is 3.27. The third-order valence-corrected chi connectivity index (χ3v) is 4.38. The fraction of sp³-hybridized carbons (Fsp3) is 0.429. The lowest BCUT2D eigenvalue weighted by Gasteiger charge is -2.25. The summed E-state index contributed by atoms with van der Waals surface area (Å²) in [6, 6.07) is 4.19. The first-order valence-electron chi connectivity index (χ1n) is 6.52. The van der Waals surface area contributed by atoms with Crippen LogP contribution in [0.1, 0.15) is 17.0 Å². The molecule has 1 saturated heterocycles. The minimum Gasteiger partial charge on any atom is -0.391 e. The second kappa shape index (κ2) is 5.77. The predicted molar refractivity (Wildman–Crippen MR) is 74.9 cm³/mol. The molecule has 1 aliphatic rings. The summed E-state index contributed by atoms with van der Waals surface area (Å²) in [5.74, 6) is 0. The van der Waals surface area contributed by atoms with Crippen LogP contribution >= 0.6 is 11.3 Å². The summed E-state index contributed by atoms with van der Waals surface area (Å²) in [7, 11) is 0. The molecular formula is C14H17N3OS. The summed E-state index contributed by atoms with van der Waals surface area (Å²) in [6.07, 6.45) is 6.94. The second-order valence-electron chi connectivity index (χ2n) is 4.89. The molecule has 0 bridgehead atoms. The summed E-state index contributed by atoms with van der Waals surface area (Å²) in [6.45, 7) is 1.77. The number of rotatable bonds is 4. The van der Waals surface area contributed by atoms with Gasteiger partial charge in [-0.25, -0.2) is 4.98 Å². The van der Waals surface area contributed by atoms with Crippen LogP contribution in [0, 0.1) is 0 Å². The molecule has 0 spiro atoms. The van der Waals surface area contributed by atoms with Crippen molar-refractivity contribution in [3.05, 3.63) is 46.7 Å². The molecule has 3 heterocycles. The molecule has 1 fully saturated rings. The van der Waals surface area contributed by atoms with Gasteiger partial charge in [0.1, 0.15) is 5.01 Å². The van der Waals surface area contributed by atoms with E-state index >= 15 is 0 Å². The van der Waals surface area contributed by atoms with E-state index < -0.39 is 0 Å². The molecule has 100 valence electrons. The maximum absolute atomic E-state index is 10.2. The number of hydrogen-bond donors (Lipinski definition) is 1. The number of pyridine rings is 1. The Labute approximate surface area is 116 Å². The standard InChI is InChI=1S/C14H17N3OS/c18-13-3-6-17(10-14-16-5-7-19-14)12(13)8-11-2-1-4-15-9-11/h1-2,4-5,7,9,12-13,18H,3,6,8,10H2/t12-,13+/m0/s1. The van der Waals surface area contributed by atoms with Crippen molar-refractivity contribution < 1.29 is 5.11 Å². The summed E-state index contributed by atoms with van der Waals surface area (Å²) in [5, 5.41) is 13.3. The van der Waals surface area contributed by atoms with Crippen LogP contribution in [0.25, 0.3) is 0 Å². The molecule has 0 aromatic carbocycles. The van der Waals surface area contributed by atoms with Crippen molar-refractivity contribution in [2.24, 2.45) is 0 Å². The highest BCUT2D eigenvalue weighted by Crippen LogP contribution is 2.24. The first kappa shape index (κ1) is 12.7. The van der Waals surface area contributed by atoms with Gasteiger partial charge in [0, 0.05) is 36.6 Å². The molecule has 19 heavy (non-hydrogen) atoms. The number of aromatic nitrogens is 2. The number of nitrogens with zero attached hydrogens (tertiary/aromatic N) is 3. The van der Waals surface area contributed by atoms with Crippen LogP contribution in [0.4, 0.5) is 0 Å². The maximum atomic E-state index is 10.2. The Hall–Kier alpha value is -1.30. The molecule has 2 aromatic rings. The molecule has 2 atom stereocenters. The van der Waals surface area contributed by atoms with Gasteiger partial charge in [0.15, 0.2) is 0 Å². The molecule has 0 amide bonds. The van der Waals surface area contributed by atoms with E-state index in [1.807, 2.05) is 23.8 Å². The molecule has 2 aromatic heterocycles. The monoisotopic (exact) mass is 275 g/mol. The topological polar surface area (TPSA) is 49.2 Å². The minimum absolute atomic E-state index is 0.174. The Morgan fingerprint density at radius 1 is 1.42 bits per heavy atom. The van der Waals surface area contributed by atoms with E-state index in [4.69, 9.17) is 0 Å². The van der Waals surface area contributed by atoms with Crippen molar-refractivity contribution in [2.75, 3.05) is 6.54 Å². The Morgan fingerprint density at radius 2 is 2.37 bits per heavy atom. The van der Waals surface area contributed by atoms with Crippen molar-refractivity contribution in [1.82, 2.24) is 14.9 Å². The van der Waals surface area contributed by atoms with Crippen LogP contribution in [-0.4, -0.2) is 38.7 Å². The first-order chi connectivity index (χ1) is 9.33. The Bertz CT molecular complexity index is 503. The average Bonchev–Trinajstić information content (AvgIpc) is 3.05. The van der Waals surface area contributed by atoms with Crippen LogP contribution in [0.15, 0.2) is 36.1 Å². The van der Waals surface area contributed by atoms with Crippen LogP contribution < -0.4 is 0 Å². The molecule has 5 heteroatoms. The normalized spacial score (nSPS) is 23.8. The van der Waals surface area contributed by atoms with E-state index in [9.17, 15) is 5.11 Å². The summed E-state index contributed by atoms with van der Waals surface area (Å²) >= 11 is 1.67. The maximum Gasteiger partial charge on any atom is 0.107 e. The van der Waals surface area contributed by atoms with Crippen molar-refractivity contribution in [1.29, 1.82) is 0 Å². The van der Waals surface area contributed by atoms with Gasteiger partial charge in [-0.3, -0.25) is 9.88 Å². The summed E-state index contributed by atoms with van der Waals surface area (Å²) in [4.78, 5) is 10.8. The number of hydrogen-bond acceptors (Lipinski definition) is 5. The van der Waals surface area contributed by atoms with Gasteiger partial charge >= 0.3 is 0 Å². The molecule has 1 N–H and O–H groups in total. The second-order valence-corrected chi connectivity index (χ2v) is 5.86. The lowest BCUT2D eigenvalue weighted by molar-refractivity contribution is 0.112. The van der Waals surface area contributed by atoms with E-state index in [0.29, 0.717) is 0 Å². The zero-order valence-electron chi connectivity index (χ0n) is 10.6. The van der Waals surface area contributed by atoms with Gasteiger partial charge in [0.25, 0.3) is 0 Å². The Balaban J connectivity index is 1.70. The summed E-state index contributed by atoms with van der Waals surface area (Å²) < 4.78 is 0. The van der Waals surface area contributed by atoms with Gasteiger partial charge in [-0.15, -0.1) is 11.3 Å². The van der Waals surface area contributed by atoms with E-state index in [0.717, 1.165) is 30.9 Å². The van der Waals surface area contributed by atoms with E-state index in [1.165, 1.54) is 5.56 Å². The molecule has 0 unspecified atom stereocenters. The molecule has 0 radical (unpaired) electrons. The van der Waals surface area contributed by atoms with E-state index in [-0.39, 0.29) is 12.1 Å². The first-order valence-corrected chi connectivity index (χ1v) is 7.40. The highest BCUT2D eigenvalue weighted by atomic mass is 32.1.